The Morgan fingerprint density at radius 2 is 2.17 bits per heavy atom. The molecular formula is C18H24N2O3. The fourth-order valence-corrected chi connectivity index (χ4v) is 2.66. The van der Waals surface area contributed by atoms with Crippen molar-refractivity contribution in [2.24, 2.45) is 0 Å². The normalized spacial score (nSPS) is 24.2. The van der Waals surface area contributed by atoms with E-state index in [1.807, 2.05) is 30.1 Å². The second-order valence-electron chi connectivity index (χ2n) is 5.91. The molecule has 1 saturated heterocycles. The van der Waals surface area contributed by atoms with Gasteiger partial charge in [-0.3, -0.25) is 9.69 Å². The van der Waals surface area contributed by atoms with Crippen LogP contribution < -0.4 is 5.32 Å². The first-order chi connectivity index (χ1) is 11.1. The average molecular weight is 316 g/mol. The SMILES string of the molecule is C#CCN(C)CC[C@@H]1CC[C@H](O)[C@@H](C(=O)Nc2ccccc2)O1. The molecule has 5 nitrogen and oxygen atoms in total. The average Bonchev–Trinajstić information content (AvgIpc) is 2.55. The number of rotatable bonds is 6. The van der Waals surface area contributed by atoms with Crippen molar-refractivity contribution >= 4 is 11.6 Å². The zero-order valence-corrected chi connectivity index (χ0v) is 13.4. The lowest BCUT2D eigenvalue weighted by molar-refractivity contribution is -0.153. The van der Waals surface area contributed by atoms with Gasteiger partial charge >= 0.3 is 0 Å². The summed E-state index contributed by atoms with van der Waals surface area (Å²) < 4.78 is 5.82. The molecule has 0 aliphatic carbocycles. The zero-order chi connectivity index (χ0) is 16.7. The van der Waals surface area contributed by atoms with Crippen LogP contribution >= 0.6 is 0 Å². The highest BCUT2D eigenvalue weighted by molar-refractivity contribution is 5.94. The molecule has 2 rings (SSSR count). The first kappa shape index (κ1) is 17.5. The van der Waals surface area contributed by atoms with Gasteiger partial charge in [-0.2, -0.15) is 0 Å². The molecule has 0 spiro atoms. The molecule has 3 atom stereocenters. The number of nitrogens with one attached hydrogen (secondary N) is 1. The number of aliphatic hydroxyl groups is 1. The Balaban J connectivity index is 1.87. The Bertz CT molecular complexity index is 541. The Kier molecular flexibility index (Phi) is 6.60. The zero-order valence-electron chi connectivity index (χ0n) is 13.4. The van der Waals surface area contributed by atoms with Crippen molar-refractivity contribution in [1.29, 1.82) is 0 Å². The third-order valence-electron chi connectivity index (χ3n) is 3.97. The van der Waals surface area contributed by atoms with E-state index in [0.717, 1.165) is 19.4 Å². The van der Waals surface area contributed by atoms with E-state index >= 15 is 0 Å². The van der Waals surface area contributed by atoms with Crippen LogP contribution in [0.3, 0.4) is 0 Å². The lowest BCUT2D eigenvalue weighted by atomic mass is 9.98. The van der Waals surface area contributed by atoms with E-state index in [1.54, 1.807) is 12.1 Å². The maximum atomic E-state index is 12.3. The van der Waals surface area contributed by atoms with Crippen molar-refractivity contribution in [1.82, 2.24) is 4.90 Å². The molecule has 0 radical (unpaired) electrons. The van der Waals surface area contributed by atoms with Crippen molar-refractivity contribution < 1.29 is 14.6 Å². The van der Waals surface area contributed by atoms with Gasteiger partial charge in [0.25, 0.3) is 5.91 Å². The standard InChI is InChI=1S/C18H24N2O3/c1-3-12-20(2)13-11-15-9-10-16(21)17(23-15)18(22)19-14-7-5-4-6-8-14/h1,4-8,15-17,21H,9-13H2,2H3,(H,19,22)/t15-,16-,17-/m0/s1. The van der Waals surface area contributed by atoms with Crippen LogP contribution in [0.4, 0.5) is 5.69 Å². The van der Waals surface area contributed by atoms with Gasteiger partial charge in [-0.1, -0.05) is 24.1 Å². The van der Waals surface area contributed by atoms with Gasteiger partial charge in [-0.25, -0.2) is 0 Å². The molecule has 1 aromatic rings. The highest BCUT2D eigenvalue weighted by atomic mass is 16.5. The predicted octanol–water partition coefficient (Wildman–Crippen LogP) is 1.49. The van der Waals surface area contributed by atoms with Gasteiger partial charge in [0.15, 0.2) is 6.10 Å². The summed E-state index contributed by atoms with van der Waals surface area (Å²) in [4.78, 5) is 14.4. The minimum absolute atomic E-state index is 0.0369. The Hall–Kier alpha value is -1.87. The van der Waals surface area contributed by atoms with E-state index in [0.29, 0.717) is 18.7 Å². The molecule has 0 aromatic heterocycles. The van der Waals surface area contributed by atoms with E-state index < -0.39 is 12.2 Å². The molecule has 5 heteroatoms. The van der Waals surface area contributed by atoms with Crippen LogP contribution in [0.2, 0.25) is 0 Å². The summed E-state index contributed by atoms with van der Waals surface area (Å²) in [6, 6.07) is 9.18. The van der Waals surface area contributed by atoms with Crippen LogP contribution in [0.5, 0.6) is 0 Å². The summed E-state index contributed by atoms with van der Waals surface area (Å²) in [6.07, 6.45) is 5.76. The van der Waals surface area contributed by atoms with Crippen LogP contribution in [0.15, 0.2) is 30.3 Å². The van der Waals surface area contributed by atoms with Gasteiger partial charge in [0.05, 0.1) is 18.8 Å². The third-order valence-corrected chi connectivity index (χ3v) is 3.97. The van der Waals surface area contributed by atoms with Crippen LogP contribution in [-0.4, -0.2) is 54.4 Å². The van der Waals surface area contributed by atoms with Crippen molar-refractivity contribution in [3.63, 3.8) is 0 Å². The summed E-state index contributed by atoms with van der Waals surface area (Å²) >= 11 is 0. The van der Waals surface area contributed by atoms with Crippen LogP contribution in [0.1, 0.15) is 19.3 Å². The number of benzene rings is 1. The smallest absolute Gasteiger partial charge is 0.256 e. The number of hydrogen-bond acceptors (Lipinski definition) is 4. The molecule has 1 amide bonds. The summed E-state index contributed by atoms with van der Waals surface area (Å²) in [5.74, 6) is 2.30. The van der Waals surface area contributed by atoms with Crippen LogP contribution in [0, 0.1) is 12.3 Å². The first-order valence-electron chi connectivity index (χ1n) is 7.91. The number of para-hydroxylation sites is 1. The highest BCUT2D eigenvalue weighted by Gasteiger charge is 2.35. The van der Waals surface area contributed by atoms with Gasteiger partial charge in [0, 0.05) is 12.2 Å². The number of hydrogen-bond donors (Lipinski definition) is 2. The molecule has 23 heavy (non-hydrogen) atoms. The van der Waals surface area contributed by atoms with Crippen molar-refractivity contribution in [3.05, 3.63) is 30.3 Å². The number of amides is 1. The number of nitrogens with zero attached hydrogens (tertiary/aromatic N) is 1. The van der Waals surface area contributed by atoms with Gasteiger partial charge in [0.2, 0.25) is 0 Å². The molecule has 1 heterocycles. The number of terminal acetylenes is 1. The predicted molar refractivity (Wildman–Crippen MR) is 89.9 cm³/mol. The lowest BCUT2D eigenvalue weighted by Crippen LogP contribution is -2.47. The minimum Gasteiger partial charge on any atom is -0.390 e. The minimum atomic E-state index is -0.827. The fourth-order valence-electron chi connectivity index (χ4n) is 2.66. The van der Waals surface area contributed by atoms with E-state index in [4.69, 9.17) is 11.2 Å². The summed E-state index contributed by atoms with van der Waals surface area (Å²) in [7, 11) is 1.96. The van der Waals surface area contributed by atoms with Crippen molar-refractivity contribution in [2.75, 3.05) is 25.5 Å². The molecule has 0 bridgehead atoms. The first-order valence-corrected chi connectivity index (χ1v) is 7.91. The molecule has 0 saturated carbocycles. The molecule has 1 fully saturated rings. The van der Waals surface area contributed by atoms with E-state index in [2.05, 4.69) is 11.2 Å². The third kappa shape index (κ3) is 5.36. The number of carbonyl (C=O) groups excluding carboxylic acids is 1. The largest absolute Gasteiger partial charge is 0.390 e. The van der Waals surface area contributed by atoms with Gasteiger partial charge in [-0.05, 0) is 38.4 Å². The maximum absolute atomic E-state index is 12.3. The molecular weight excluding hydrogens is 292 g/mol. The molecule has 0 unspecified atom stereocenters. The van der Waals surface area contributed by atoms with Gasteiger partial charge in [0.1, 0.15) is 0 Å². The second kappa shape index (κ2) is 8.68. The van der Waals surface area contributed by atoms with Gasteiger partial charge in [-0.15, -0.1) is 6.42 Å². The van der Waals surface area contributed by atoms with Gasteiger partial charge < -0.3 is 15.2 Å². The van der Waals surface area contributed by atoms with E-state index in [1.165, 1.54) is 0 Å². The van der Waals surface area contributed by atoms with Crippen LogP contribution in [0.25, 0.3) is 0 Å². The molecule has 1 aliphatic rings. The summed E-state index contributed by atoms with van der Waals surface area (Å²) in [6.45, 7) is 1.39. The van der Waals surface area contributed by atoms with E-state index in [9.17, 15) is 9.90 Å². The highest BCUT2D eigenvalue weighted by Crippen LogP contribution is 2.23. The second-order valence-corrected chi connectivity index (χ2v) is 5.91. The molecule has 124 valence electrons. The Morgan fingerprint density at radius 3 is 2.87 bits per heavy atom. The number of ether oxygens (including phenoxy) is 1. The number of aliphatic hydroxyl groups excluding tert-OH is 1. The Labute approximate surface area is 137 Å². The quantitative estimate of drug-likeness (QED) is 0.781. The van der Waals surface area contributed by atoms with Crippen molar-refractivity contribution in [2.45, 2.75) is 37.6 Å². The Morgan fingerprint density at radius 1 is 1.43 bits per heavy atom. The van der Waals surface area contributed by atoms with Crippen molar-refractivity contribution in [3.8, 4) is 12.3 Å². The topological polar surface area (TPSA) is 61.8 Å². The molecule has 1 aromatic carbocycles. The van der Waals surface area contributed by atoms with E-state index in [-0.39, 0.29) is 12.0 Å². The summed E-state index contributed by atoms with van der Waals surface area (Å²) in [5.41, 5.74) is 0.698. The molecule has 1 aliphatic heterocycles. The lowest BCUT2D eigenvalue weighted by Gasteiger charge is -2.33. The summed E-state index contributed by atoms with van der Waals surface area (Å²) in [5, 5.41) is 12.9. The molecule has 2 N–H and O–H groups in total. The maximum Gasteiger partial charge on any atom is 0.256 e. The van der Waals surface area contributed by atoms with Crippen LogP contribution in [-0.2, 0) is 9.53 Å². The monoisotopic (exact) mass is 316 g/mol. The number of carbonyl (C=O) groups is 1. The number of anilines is 1. The fraction of sp³-hybridized carbons (Fsp3) is 0.500.